The van der Waals surface area contributed by atoms with Crippen LogP contribution in [-0.4, -0.2) is 33.9 Å². The van der Waals surface area contributed by atoms with Gasteiger partial charge in [-0.1, -0.05) is 24.3 Å². The van der Waals surface area contributed by atoms with E-state index >= 15 is 0 Å². The Balaban J connectivity index is 1.37. The van der Waals surface area contributed by atoms with Crippen molar-refractivity contribution in [3.8, 4) is 0 Å². The predicted molar refractivity (Wildman–Crippen MR) is 118 cm³/mol. The maximum atomic E-state index is 13.2. The molecule has 32 heavy (non-hydrogen) atoms. The summed E-state index contributed by atoms with van der Waals surface area (Å²) in [6.07, 6.45) is 3.63. The van der Waals surface area contributed by atoms with E-state index in [1.807, 2.05) is 19.1 Å². The highest BCUT2D eigenvalue weighted by Crippen LogP contribution is 2.26. The Morgan fingerprint density at radius 2 is 1.72 bits per heavy atom. The van der Waals surface area contributed by atoms with Gasteiger partial charge < -0.3 is 5.32 Å². The summed E-state index contributed by atoms with van der Waals surface area (Å²) in [6.45, 7) is 4.70. The standard InChI is InChI=1S/C25H26F2N4O/c1-17-23(25(32)29-13-18-4-8-21(26)9-5-18)14-28-24(30-17)20-3-2-12-31(16-20)15-19-6-10-22(27)11-7-19/h4-11,14,20H,2-3,12-13,15-16H2,1H3,(H,29,32)/t20-/m1/s1. The molecular weight excluding hydrogens is 410 g/mol. The van der Waals surface area contributed by atoms with E-state index in [4.69, 9.17) is 0 Å². The topological polar surface area (TPSA) is 58.1 Å². The SMILES string of the molecule is Cc1nc([C@@H]2CCCN(Cc3ccc(F)cc3)C2)ncc1C(=O)NCc1ccc(F)cc1. The quantitative estimate of drug-likeness (QED) is 0.623. The smallest absolute Gasteiger partial charge is 0.254 e. The minimum Gasteiger partial charge on any atom is -0.348 e. The van der Waals surface area contributed by atoms with Crippen molar-refractivity contribution in [1.29, 1.82) is 0 Å². The number of carbonyl (C=O) groups excluding carboxylic acids is 1. The van der Waals surface area contributed by atoms with Gasteiger partial charge in [0.1, 0.15) is 17.5 Å². The summed E-state index contributed by atoms with van der Waals surface area (Å²) in [6, 6.07) is 12.6. The van der Waals surface area contributed by atoms with Gasteiger partial charge in [0.15, 0.2) is 0 Å². The van der Waals surface area contributed by atoms with E-state index < -0.39 is 0 Å². The van der Waals surface area contributed by atoms with Crippen molar-refractivity contribution < 1.29 is 13.6 Å². The first-order valence-electron chi connectivity index (χ1n) is 10.8. The Morgan fingerprint density at radius 1 is 1.06 bits per heavy atom. The van der Waals surface area contributed by atoms with Gasteiger partial charge in [-0.25, -0.2) is 18.7 Å². The number of aromatic nitrogens is 2. The number of nitrogens with zero attached hydrogens (tertiary/aromatic N) is 3. The molecule has 1 N–H and O–H groups in total. The van der Waals surface area contributed by atoms with E-state index in [0.717, 1.165) is 49.4 Å². The first-order valence-corrected chi connectivity index (χ1v) is 10.8. The molecule has 0 unspecified atom stereocenters. The van der Waals surface area contributed by atoms with Gasteiger partial charge in [-0.05, 0) is 61.7 Å². The monoisotopic (exact) mass is 436 g/mol. The van der Waals surface area contributed by atoms with Crippen LogP contribution in [0.15, 0.2) is 54.7 Å². The molecule has 7 heteroatoms. The number of carbonyl (C=O) groups is 1. The number of amides is 1. The average molecular weight is 437 g/mol. The average Bonchev–Trinajstić information content (AvgIpc) is 2.80. The second-order valence-electron chi connectivity index (χ2n) is 8.24. The van der Waals surface area contributed by atoms with Crippen LogP contribution < -0.4 is 5.32 Å². The van der Waals surface area contributed by atoms with Crippen molar-refractivity contribution in [3.05, 3.63) is 94.6 Å². The van der Waals surface area contributed by atoms with Crippen molar-refractivity contribution in [2.45, 2.75) is 38.8 Å². The number of benzene rings is 2. The molecule has 1 aliphatic rings. The van der Waals surface area contributed by atoms with Gasteiger partial charge in [0.05, 0.1) is 11.3 Å². The van der Waals surface area contributed by atoms with Gasteiger partial charge in [0, 0.05) is 31.7 Å². The van der Waals surface area contributed by atoms with Crippen molar-refractivity contribution in [3.63, 3.8) is 0 Å². The Hall–Kier alpha value is -3.19. The molecule has 0 spiro atoms. The summed E-state index contributed by atoms with van der Waals surface area (Å²) in [5.41, 5.74) is 2.98. The maximum Gasteiger partial charge on any atom is 0.254 e. The molecule has 1 atom stereocenters. The zero-order valence-electron chi connectivity index (χ0n) is 18.0. The minimum atomic E-state index is -0.307. The molecule has 2 heterocycles. The number of hydrogen-bond acceptors (Lipinski definition) is 4. The normalized spacial score (nSPS) is 16.7. The summed E-state index contributed by atoms with van der Waals surface area (Å²) >= 11 is 0. The van der Waals surface area contributed by atoms with Crippen molar-refractivity contribution in [2.75, 3.05) is 13.1 Å². The molecule has 3 aromatic rings. The zero-order valence-corrected chi connectivity index (χ0v) is 18.0. The van der Waals surface area contributed by atoms with E-state index in [-0.39, 0.29) is 23.5 Å². The van der Waals surface area contributed by atoms with E-state index in [9.17, 15) is 13.6 Å². The molecule has 5 nitrogen and oxygen atoms in total. The maximum absolute atomic E-state index is 13.2. The number of likely N-dealkylation sites (tertiary alicyclic amines) is 1. The van der Waals surface area contributed by atoms with Gasteiger partial charge in [-0.3, -0.25) is 9.69 Å². The summed E-state index contributed by atoms with van der Waals surface area (Å²) in [5.74, 6) is 0.162. The van der Waals surface area contributed by atoms with Crippen LogP contribution in [0.5, 0.6) is 0 Å². The van der Waals surface area contributed by atoms with Crippen LogP contribution in [0.4, 0.5) is 8.78 Å². The van der Waals surface area contributed by atoms with Crippen LogP contribution in [0.25, 0.3) is 0 Å². The lowest BCUT2D eigenvalue weighted by molar-refractivity contribution is 0.0949. The van der Waals surface area contributed by atoms with Gasteiger partial charge >= 0.3 is 0 Å². The minimum absolute atomic E-state index is 0.194. The van der Waals surface area contributed by atoms with Gasteiger partial charge in [0.25, 0.3) is 5.91 Å². The van der Waals surface area contributed by atoms with Crippen LogP contribution >= 0.6 is 0 Å². The molecule has 0 bridgehead atoms. The summed E-state index contributed by atoms with van der Waals surface area (Å²) in [4.78, 5) is 24.1. The lowest BCUT2D eigenvalue weighted by atomic mass is 9.96. The molecule has 2 aromatic carbocycles. The van der Waals surface area contributed by atoms with E-state index in [1.54, 1.807) is 18.3 Å². The Kier molecular flexibility index (Phi) is 6.85. The molecule has 166 valence electrons. The van der Waals surface area contributed by atoms with Crippen LogP contribution in [-0.2, 0) is 13.1 Å². The Morgan fingerprint density at radius 3 is 2.38 bits per heavy atom. The lowest BCUT2D eigenvalue weighted by Crippen LogP contribution is -2.34. The lowest BCUT2D eigenvalue weighted by Gasteiger charge is -2.32. The Labute approximate surface area is 186 Å². The molecule has 0 saturated carbocycles. The number of hydrogen-bond donors (Lipinski definition) is 1. The van der Waals surface area contributed by atoms with E-state index in [0.29, 0.717) is 17.8 Å². The largest absolute Gasteiger partial charge is 0.348 e. The molecule has 4 rings (SSSR count). The third-order valence-electron chi connectivity index (χ3n) is 5.80. The molecule has 1 aromatic heterocycles. The van der Waals surface area contributed by atoms with Crippen LogP contribution in [0.3, 0.4) is 0 Å². The second-order valence-corrected chi connectivity index (χ2v) is 8.24. The molecule has 1 fully saturated rings. The highest BCUT2D eigenvalue weighted by molar-refractivity contribution is 5.94. The molecule has 0 aliphatic carbocycles. The fourth-order valence-electron chi connectivity index (χ4n) is 4.04. The zero-order chi connectivity index (χ0) is 22.5. The molecule has 1 aliphatic heterocycles. The van der Waals surface area contributed by atoms with Gasteiger partial charge in [-0.15, -0.1) is 0 Å². The fraction of sp³-hybridized carbons (Fsp3) is 0.320. The van der Waals surface area contributed by atoms with Crippen molar-refractivity contribution in [2.24, 2.45) is 0 Å². The summed E-state index contributed by atoms with van der Waals surface area (Å²) < 4.78 is 26.2. The van der Waals surface area contributed by atoms with Crippen molar-refractivity contribution in [1.82, 2.24) is 20.2 Å². The van der Waals surface area contributed by atoms with Crippen LogP contribution in [0.2, 0.25) is 0 Å². The van der Waals surface area contributed by atoms with Crippen LogP contribution in [0.1, 0.15) is 51.8 Å². The van der Waals surface area contributed by atoms with E-state index in [1.165, 1.54) is 24.3 Å². The third-order valence-corrected chi connectivity index (χ3v) is 5.80. The highest BCUT2D eigenvalue weighted by Gasteiger charge is 2.24. The number of nitrogens with one attached hydrogen (secondary N) is 1. The molecule has 1 amide bonds. The first kappa shape index (κ1) is 22.0. The number of rotatable bonds is 6. The third kappa shape index (κ3) is 5.53. The highest BCUT2D eigenvalue weighted by atomic mass is 19.1. The van der Waals surface area contributed by atoms with Crippen LogP contribution in [0, 0.1) is 18.6 Å². The van der Waals surface area contributed by atoms with Crippen molar-refractivity contribution >= 4 is 5.91 Å². The molecule has 1 saturated heterocycles. The predicted octanol–water partition coefficient (Wildman–Crippen LogP) is 4.37. The fourth-order valence-corrected chi connectivity index (χ4v) is 4.04. The molecular formula is C25H26F2N4O. The number of halogens is 2. The number of aryl methyl sites for hydroxylation is 1. The second kappa shape index (κ2) is 9.96. The number of piperidine rings is 1. The van der Waals surface area contributed by atoms with Gasteiger partial charge in [-0.2, -0.15) is 0 Å². The molecule has 0 radical (unpaired) electrons. The summed E-state index contributed by atoms with van der Waals surface area (Å²) in [5, 5.41) is 2.84. The van der Waals surface area contributed by atoms with Gasteiger partial charge in [0.2, 0.25) is 0 Å². The summed E-state index contributed by atoms with van der Waals surface area (Å²) in [7, 11) is 0. The Bertz CT molecular complexity index is 1070. The van der Waals surface area contributed by atoms with E-state index in [2.05, 4.69) is 20.2 Å². The first-order chi connectivity index (χ1) is 15.5.